The second-order valence-electron chi connectivity index (χ2n) is 6.24. The van der Waals surface area contributed by atoms with Crippen molar-refractivity contribution < 1.29 is 13.9 Å². The summed E-state index contributed by atoms with van der Waals surface area (Å²) in [5, 5.41) is 12.6. The van der Waals surface area contributed by atoms with Gasteiger partial charge in [-0.15, -0.1) is 5.10 Å². The lowest BCUT2D eigenvalue weighted by atomic mass is 10.2. The van der Waals surface area contributed by atoms with Crippen molar-refractivity contribution in [2.75, 3.05) is 5.32 Å². The molecule has 0 aliphatic rings. The first-order chi connectivity index (χ1) is 14.2. The van der Waals surface area contributed by atoms with Crippen LogP contribution in [0.1, 0.15) is 5.56 Å². The molecular weight excluding hydrogens is 369 g/mol. The molecule has 29 heavy (non-hydrogen) atoms. The van der Waals surface area contributed by atoms with Gasteiger partial charge < -0.3 is 10.1 Å². The predicted octanol–water partition coefficient (Wildman–Crippen LogP) is 5.21. The Balaban J connectivity index is 1.42. The van der Waals surface area contributed by atoms with Gasteiger partial charge in [-0.1, -0.05) is 30.3 Å². The molecule has 1 N–H and O–H groups in total. The highest BCUT2D eigenvalue weighted by atomic mass is 19.1. The first-order valence-electron chi connectivity index (χ1n) is 8.90. The minimum Gasteiger partial charge on any atom is -0.437 e. The molecule has 6 heteroatoms. The number of nitrogens with zero attached hydrogens (tertiary/aromatic N) is 2. The quantitative estimate of drug-likeness (QED) is 0.479. The molecule has 0 saturated carbocycles. The second-order valence-corrected chi connectivity index (χ2v) is 6.24. The van der Waals surface area contributed by atoms with Gasteiger partial charge in [0.15, 0.2) is 0 Å². The van der Waals surface area contributed by atoms with E-state index in [-0.39, 0.29) is 11.7 Å². The molecule has 0 aliphatic heterocycles. The molecule has 0 aliphatic carbocycles. The highest BCUT2D eigenvalue weighted by Crippen LogP contribution is 2.27. The zero-order valence-corrected chi connectivity index (χ0v) is 15.2. The third-order valence-electron chi connectivity index (χ3n) is 4.15. The average Bonchev–Trinajstić information content (AvgIpc) is 2.74. The van der Waals surface area contributed by atoms with Crippen LogP contribution in [0.3, 0.4) is 0 Å². The third kappa shape index (κ3) is 4.62. The maximum Gasteiger partial charge on any atom is 0.248 e. The van der Waals surface area contributed by atoms with Gasteiger partial charge in [-0.05, 0) is 54.1 Å². The van der Waals surface area contributed by atoms with Crippen molar-refractivity contribution in [1.29, 1.82) is 0 Å². The van der Waals surface area contributed by atoms with E-state index in [4.69, 9.17) is 4.74 Å². The van der Waals surface area contributed by atoms with E-state index >= 15 is 0 Å². The predicted molar refractivity (Wildman–Crippen MR) is 110 cm³/mol. The molecule has 1 heterocycles. The fraction of sp³-hybridized carbons (Fsp3) is 0. The number of hydrogen-bond acceptors (Lipinski definition) is 4. The van der Waals surface area contributed by atoms with Crippen molar-refractivity contribution in [3.05, 3.63) is 96.4 Å². The van der Waals surface area contributed by atoms with Crippen LogP contribution < -0.4 is 10.1 Å². The summed E-state index contributed by atoms with van der Waals surface area (Å²) in [4.78, 5) is 12.1. The Labute approximate surface area is 166 Å². The van der Waals surface area contributed by atoms with E-state index in [9.17, 15) is 9.18 Å². The maximum atomic E-state index is 13.2. The van der Waals surface area contributed by atoms with Crippen LogP contribution in [-0.4, -0.2) is 16.1 Å². The number of nitrogens with one attached hydrogen (secondary N) is 1. The van der Waals surface area contributed by atoms with Gasteiger partial charge in [-0.3, -0.25) is 4.79 Å². The van der Waals surface area contributed by atoms with Crippen molar-refractivity contribution in [2.24, 2.45) is 0 Å². The summed E-state index contributed by atoms with van der Waals surface area (Å²) in [5.74, 6) is 0.323. The van der Waals surface area contributed by atoms with Crippen LogP contribution in [0.4, 0.5) is 10.1 Å². The lowest BCUT2D eigenvalue weighted by Crippen LogP contribution is -2.07. The summed E-state index contributed by atoms with van der Waals surface area (Å²) in [6.45, 7) is 0. The van der Waals surface area contributed by atoms with Crippen molar-refractivity contribution in [3.63, 3.8) is 0 Å². The zero-order valence-electron chi connectivity index (χ0n) is 15.2. The number of fused-ring (bicyclic) bond motifs is 1. The number of benzene rings is 3. The fourth-order valence-corrected chi connectivity index (χ4v) is 2.76. The molecule has 4 aromatic rings. The lowest BCUT2D eigenvalue weighted by Gasteiger charge is -2.08. The van der Waals surface area contributed by atoms with E-state index in [1.54, 1.807) is 48.7 Å². The zero-order chi connectivity index (χ0) is 20.1. The number of hydrogen-bond donors (Lipinski definition) is 1. The third-order valence-corrected chi connectivity index (χ3v) is 4.15. The van der Waals surface area contributed by atoms with Crippen LogP contribution in [0.15, 0.2) is 85.1 Å². The number of rotatable bonds is 5. The SMILES string of the molecule is O=C(C=Cc1cccc(F)c1)Nc1ccc(Oc2nncc3ccccc23)cc1. The van der Waals surface area contributed by atoms with Gasteiger partial charge in [0.25, 0.3) is 0 Å². The fourth-order valence-electron chi connectivity index (χ4n) is 2.76. The molecule has 0 fully saturated rings. The van der Waals surface area contributed by atoms with Crippen LogP contribution in [0.25, 0.3) is 16.8 Å². The minimum atomic E-state index is -0.348. The summed E-state index contributed by atoms with van der Waals surface area (Å²) >= 11 is 0. The summed E-state index contributed by atoms with van der Waals surface area (Å²) < 4.78 is 19.0. The number of halogens is 1. The molecule has 0 bridgehead atoms. The molecule has 3 aromatic carbocycles. The number of aromatic nitrogens is 2. The van der Waals surface area contributed by atoms with Crippen LogP contribution in [0.2, 0.25) is 0 Å². The molecular formula is C23H16FN3O2. The normalized spacial score (nSPS) is 10.9. The van der Waals surface area contributed by atoms with Gasteiger partial charge in [0.1, 0.15) is 11.6 Å². The molecule has 142 valence electrons. The topological polar surface area (TPSA) is 64.1 Å². The van der Waals surface area contributed by atoms with Gasteiger partial charge in [0, 0.05) is 22.5 Å². The van der Waals surface area contributed by atoms with Crippen molar-refractivity contribution in [2.45, 2.75) is 0 Å². The smallest absolute Gasteiger partial charge is 0.248 e. The highest BCUT2D eigenvalue weighted by molar-refractivity contribution is 6.01. The summed E-state index contributed by atoms with van der Waals surface area (Å²) in [5.41, 5.74) is 1.22. The Bertz CT molecular complexity index is 1180. The van der Waals surface area contributed by atoms with Crippen molar-refractivity contribution >= 4 is 28.4 Å². The van der Waals surface area contributed by atoms with E-state index in [0.717, 1.165) is 10.8 Å². The van der Waals surface area contributed by atoms with Crippen LogP contribution in [-0.2, 0) is 4.79 Å². The summed E-state index contributed by atoms with van der Waals surface area (Å²) in [7, 11) is 0. The number of ether oxygens (including phenoxy) is 1. The Morgan fingerprint density at radius 1 is 1.00 bits per heavy atom. The molecule has 0 radical (unpaired) electrons. The highest BCUT2D eigenvalue weighted by Gasteiger charge is 2.06. The number of carbonyl (C=O) groups is 1. The monoisotopic (exact) mass is 385 g/mol. The van der Waals surface area contributed by atoms with Crippen LogP contribution >= 0.6 is 0 Å². The van der Waals surface area contributed by atoms with E-state index < -0.39 is 0 Å². The largest absolute Gasteiger partial charge is 0.437 e. The van der Waals surface area contributed by atoms with E-state index in [2.05, 4.69) is 15.5 Å². The second kappa shape index (κ2) is 8.31. The molecule has 1 aromatic heterocycles. The Morgan fingerprint density at radius 2 is 1.83 bits per heavy atom. The molecule has 1 amide bonds. The van der Waals surface area contributed by atoms with Gasteiger partial charge in [-0.25, -0.2) is 4.39 Å². The van der Waals surface area contributed by atoms with Gasteiger partial charge >= 0.3 is 0 Å². The summed E-state index contributed by atoms with van der Waals surface area (Å²) in [6.07, 6.45) is 4.58. The Morgan fingerprint density at radius 3 is 2.66 bits per heavy atom. The first-order valence-corrected chi connectivity index (χ1v) is 8.90. The van der Waals surface area contributed by atoms with Crippen LogP contribution in [0.5, 0.6) is 11.6 Å². The molecule has 0 unspecified atom stereocenters. The number of amides is 1. The van der Waals surface area contributed by atoms with E-state index in [1.165, 1.54) is 18.2 Å². The molecule has 0 saturated heterocycles. The molecule has 4 rings (SSSR count). The number of anilines is 1. The molecule has 0 spiro atoms. The standard InChI is InChI=1S/C23H16FN3O2/c24-18-6-3-4-16(14-18)8-13-22(28)26-19-9-11-20(12-10-19)29-23-21-7-2-1-5-17(21)15-25-27-23/h1-15H,(H,26,28). The van der Waals surface area contributed by atoms with Crippen LogP contribution in [0, 0.1) is 5.82 Å². The van der Waals surface area contributed by atoms with E-state index in [0.29, 0.717) is 22.9 Å². The van der Waals surface area contributed by atoms with Gasteiger partial charge in [-0.2, -0.15) is 5.10 Å². The minimum absolute atomic E-state index is 0.317. The maximum absolute atomic E-state index is 13.2. The Kier molecular flexibility index (Phi) is 5.25. The average molecular weight is 385 g/mol. The van der Waals surface area contributed by atoms with Gasteiger partial charge in [0.2, 0.25) is 11.8 Å². The first kappa shape index (κ1) is 18.3. The van der Waals surface area contributed by atoms with Crippen molar-refractivity contribution in [3.8, 4) is 11.6 Å². The molecule has 5 nitrogen and oxygen atoms in total. The Hall–Kier alpha value is -4.06. The van der Waals surface area contributed by atoms with E-state index in [1.807, 2.05) is 24.3 Å². The van der Waals surface area contributed by atoms with Crippen molar-refractivity contribution in [1.82, 2.24) is 10.2 Å². The summed E-state index contributed by atoms with van der Waals surface area (Å²) in [6, 6.07) is 20.6. The number of carbonyl (C=O) groups excluding carboxylic acids is 1. The molecule has 0 atom stereocenters. The lowest BCUT2D eigenvalue weighted by molar-refractivity contribution is -0.111. The van der Waals surface area contributed by atoms with Gasteiger partial charge in [0.05, 0.1) is 6.20 Å².